The van der Waals surface area contributed by atoms with Crippen LogP contribution in [-0.2, 0) is 0 Å². The molecule has 3 aromatic rings. The molecule has 0 radical (unpaired) electrons. The first-order chi connectivity index (χ1) is 10.2. The van der Waals surface area contributed by atoms with Crippen molar-refractivity contribution in [2.45, 2.75) is 6.10 Å². The minimum Gasteiger partial charge on any atom is -0.490 e. The Morgan fingerprint density at radius 3 is 2.57 bits per heavy atom. The summed E-state index contributed by atoms with van der Waals surface area (Å²) in [7, 11) is 0. The van der Waals surface area contributed by atoms with E-state index in [2.05, 4.69) is 0 Å². The smallest absolute Gasteiger partial charge is 0.127 e. The molecule has 0 heterocycles. The van der Waals surface area contributed by atoms with Crippen LogP contribution in [-0.4, -0.2) is 11.7 Å². The summed E-state index contributed by atoms with van der Waals surface area (Å²) in [5, 5.41) is 12.4. The quantitative estimate of drug-likeness (QED) is 0.718. The van der Waals surface area contributed by atoms with Gasteiger partial charge in [-0.3, -0.25) is 0 Å². The average Bonchev–Trinajstić information content (AvgIpc) is 2.52. The first-order valence-corrected chi connectivity index (χ1v) is 6.88. The number of aliphatic hydroxyl groups excluding tert-OH is 1. The summed E-state index contributed by atoms with van der Waals surface area (Å²) >= 11 is 0. The molecule has 0 aliphatic heterocycles. The van der Waals surface area contributed by atoms with Crippen LogP contribution < -0.4 is 10.5 Å². The van der Waals surface area contributed by atoms with Crippen LogP contribution in [0, 0.1) is 0 Å². The van der Waals surface area contributed by atoms with Crippen LogP contribution in [0.5, 0.6) is 5.75 Å². The van der Waals surface area contributed by atoms with Gasteiger partial charge in [-0.15, -0.1) is 0 Å². The number of benzene rings is 3. The highest BCUT2D eigenvalue weighted by Crippen LogP contribution is 2.26. The molecule has 3 rings (SSSR count). The third-order valence-corrected chi connectivity index (χ3v) is 3.44. The highest BCUT2D eigenvalue weighted by Gasteiger charge is 2.10. The number of hydrogen-bond donors (Lipinski definition) is 2. The fourth-order valence-electron chi connectivity index (χ4n) is 2.35. The van der Waals surface area contributed by atoms with Crippen molar-refractivity contribution >= 4 is 16.5 Å². The molecule has 1 unspecified atom stereocenters. The van der Waals surface area contributed by atoms with Gasteiger partial charge in [0.15, 0.2) is 0 Å². The van der Waals surface area contributed by atoms with Gasteiger partial charge in [0.05, 0.1) is 0 Å². The molecule has 0 saturated heterocycles. The second-order valence-electron chi connectivity index (χ2n) is 4.97. The molecular formula is C18H17NO2. The molecule has 3 heteroatoms. The summed E-state index contributed by atoms with van der Waals surface area (Å²) < 4.78 is 5.78. The highest BCUT2D eigenvalue weighted by atomic mass is 16.5. The lowest BCUT2D eigenvalue weighted by Gasteiger charge is -2.14. The number of ether oxygens (including phenoxy) is 1. The molecule has 0 fully saturated rings. The molecule has 3 aromatic carbocycles. The van der Waals surface area contributed by atoms with E-state index in [1.54, 1.807) is 12.1 Å². The van der Waals surface area contributed by atoms with E-state index in [1.807, 2.05) is 54.6 Å². The van der Waals surface area contributed by atoms with E-state index < -0.39 is 6.10 Å². The third kappa shape index (κ3) is 2.98. The largest absolute Gasteiger partial charge is 0.490 e. The maximum Gasteiger partial charge on any atom is 0.127 e. The zero-order valence-electron chi connectivity index (χ0n) is 11.6. The van der Waals surface area contributed by atoms with Crippen LogP contribution in [0.1, 0.15) is 11.7 Å². The fourth-order valence-corrected chi connectivity index (χ4v) is 2.35. The topological polar surface area (TPSA) is 55.5 Å². The minimum atomic E-state index is -0.701. The molecule has 1 atom stereocenters. The zero-order chi connectivity index (χ0) is 14.7. The maximum atomic E-state index is 10.2. The standard InChI is InChI=1S/C18H17NO2/c19-15-8-3-7-14(11-15)17(20)12-21-18-10-4-6-13-5-1-2-9-16(13)18/h1-11,17,20H,12,19H2. The van der Waals surface area contributed by atoms with Crippen LogP contribution in [0.25, 0.3) is 10.8 Å². The van der Waals surface area contributed by atoms with Crippen LogP contribution in [0.15, 0.2) is 66.7 Å². The van der Waals surface area contributed by atoms with E-state index in [-0.39, 0.29) is 6.61 Å². The van der Waals surface area contributed by atoms with Crippen LogP contribution >= 0.6 is 0 Å². The second-order valence-corrected chi connectivity index (χ2v) is 4.97. The van der Waals surface area contributed by atoms with Crippen molar-refractivity contribution in [3.63, 3.8) is 0 Å². The van der Waals surface area contributed by atoms with E-state index in [0.29, 0.717) is 5.69 Å². The summed E-state index contributed by atoms with van der Waals surface area (Å²) in [4.78, 5) is 0. The predicted molar refractivity (Wildman–Crippen MR) is 85.3 cm³/mol. The Kier molecular flexibility index (Phi) is 3.75. The minimum absolute atomic E-state index is 0.192. The van der Waals surface area contributed by atoms with Crippen molar-refractivity contribution in [1.29, 1.82) is 0 Å². The number of fused-ring (bicyclic) bond motifs is 1. The molecule has 0 saturated carbocycles. The lowest BCUT2D eigenvalue weighted by Crippen LogP contribution is -2.10. The monoisotopic (exact) mass is 279 g/mol. The number of hydrogen-bond acceptors (Lipinski definition) is 3. The Labute approximate surface area is 123 Å². The Bertz CT molecular complexity index is 750. The van der Waals surface area contributed by atoms with E-state index >= 15 is 0 Å². The van der Waals surface area contributed by atoms with Crippen molar-refractivity contribution in [3.05, 3.63) is 72.3 Å². The van der Waals surface area contributed by atoms with E-state index in [9.17, 15) is 5.11 Å². The molecule has 21 heavy (non-hydrogen) atoms. The van der Waals surface area contributed by atoms with Crippen LogP contribution in [0.3, 0.4) is 0 Å². The van der Waals surface area contributed by atoms with Gasteiger partial charge in [-0.2, -0.15) is 0 Å². The van der Waals surface area contributed by atoms with Gasteiger partial charge in [-0.05, 0) is 29.1 Å². The van der Waals surface area contributed by atoms with Gasteiger partial charge in [-0.25, -0.2) is 0 Å². The van der Waals surface area contributed by atoms with Gasteiger partial charge in [0.2, 0.25) is 0 Å². The Balaban J connectivity index is 1.77. The molecule has 3 nitrogen and oxygen atoms in total. The van der Waals surface area contributed by atoms with E-state index in [4.69, 9.17) is 10.5 Å². The number of anilines is 1. The highest BCUT2D eigenvalue weighted by molar-refractivity contribution is 5.88. The summed E-state index contributed by atoms with van der Waals surface area (Å²) in [6, 6.07) is 21.1. The SMILES string of the molecule is Nc1cccc(C(O)COc2cccc3ccccc23)c1. The van der Waals surface area contributed by atoms with Gasteiger partial charge >= 0.3 is 0 Å². The number of nitrogen functional groups attached to an aromatic ring is 1. The predicted octanol–water partition coefficient (Wildman–Crippen LogP) is 3.53. The summed E-state index contributed by atoms with van der Waals surface area (Å²) in [5.74, 6) is 0.774. The first kappa shape index (κ1) is 13.5. The molecule has 0 bridgehead atoms. The van der Waals surface area contributed by atoms with Gasteiger partial charge in [0.25, 0.3) is 0 Å². The maximum absolute atomic E-state index is 10.2. The number of nitrogens with two attached hydrogens (primary N) is 1. The van der Waals surface area contributed by atoms with E-state index in [1.165, 1.54) is 0 Å². The number of rotatable bonds is 4. The van der Waals surface area contributed by atoms with Crippen molar-refractivity contribution in [2.24, 2.45) is 0 Å². The lowest BCUT2D eigenvalue weighted by atomic mass is 10.1. The summed E-state index contributed by atoms with van der Waals surface area (Å²) in [6.45, 7) is 0.192. The fraction of sp³-hybridized carbons (Fsp3) is 0.111. The molecule has 0 aliphatic rings. The molecule has 106 valence electrons. The Hall–Kier alpha value is -2.52. The van der Waals surface area contributed by atoms with Crippen LogP contribution in [0.4, 0.5) is 5.69 Å². The van der Waals surface area contributed by atoms with Crippen molar-refractivity contribution < 1.29 is 9.84 Å². The summed E-state index contributed by atoms with van der Waals surface area (Å²) in [5.41, 5.74) is 7.12. The van der Waals surface area contributed by atoms with Crippen molar-refractivity contribution in [2.75, 3.05) is 12.3 Å². The van der Waals surface area contributed by atoms with Crippen LogP contribution in [0.2, 0.25) is 0 Å². The van der Waals surface area contributed by atoms with Crippen molar-refractivity contribution in [3.8, 4) is 5.75 Å². The van der Waals surface area contributed by atoms with Gasteiger partial charge in [0, 0.05) is 11.1 Å². The molecule has 0 spiro atoms. The second kappa shape index (κ2) is 5.85. The Morgan fingerprint density at radius 1 is 0.952 bits per heavy atom. The molecule has 0 aliphatic carbocycles. The average molecular weight is 279 g/mol. The van der Waals surface area contributed by atoms with Crippen molar-refractivity contribution in [1.82, 2.24) is 0 Å². The van der Waals surface area contributed by atoms with E-state index in [0.717, 1.165) is 22.1 Å². The normalized spacial score (nSPS) is 12.2. The Morgan fingerprint density at radius 2 is 1.71 bits per heavy atom. The molecule has 3 N–H and O–H groups in total. The van der Waals surface area contributed by atoms with Gasteiger partial charge < -0.3 is 15.6 Å². The molecular weight excluding hydrogens is 262 g/mol. The summed E-state index contributed by atoms with van der Waals surface area (Å²) in [6.07, 6.45) is -0.701. The third-order valence-electron chi connectivity index (χ3n) is 3.44. The molecule has 0 aromatic heterocycles. The van der Waals surface area contributed by atoms with Gasteiger partial charge in [-0.1, -0.05) is 48.5 Å². The lowest BCUT2D eigenvalue weighted by molar-refractivity contribution is 0.109. The first-order valence-electron chi connectivity index (χ1n) is 6.88. The van der Waals surface area contributed by atoms with Gasteiger partial charge in [0.1, 0.15) is 18.5 Å². The number of aliphatic hydroxyl groups is 1. The molecule has 0 amide bonds. The zero-order valence-corrected chi connectivity index (χ0v) is 11.6.